The van der Waals surface area contributed by atoms with Gasteiger partial charge in [-0.15, -0.1) is 0 Å². The van der Waals surface area contributed by atoms with Gasteiger partial charge in [-0.1, -0.05) is 22.0 Å². The number of rotatable bonds is 0. The molecule has 13 heavy (non-hydrogen) atoms. The zero-order valence-corrected chi connectivity index (χ0v) is 10.2. The highest BCUT2D eigenvalue weighted by atomic mass is 127. The maximum atomic E-state index is 13.6. The standard InChI is InChI=1S/C9H5BrFIO/c10-6-2-1-5-4-9(11,12)8(13)7(5)3-6/h1-3H,4H2. The van der Waals surface area contributed by atoms with Crippen molar-refractivity contribution in [3.05, 3.63) is 33.8 Å². The number of hydrogen-bond acceptors (Lipinski definition) is 1. The van der Waals surface area contributed by atoms with Crippen molar-refractivity contribution in [2.24, 2.45) is 0 Å². The number of alkyl halides is 2. The molecule has 0 amide bonds. The van der Waals surface area contributed by atoms with Crippen molar-refractivity contribution < 1.29 is 9.18 Å². The smallest absolute Gasteiger partial charge is 0.227 e. The first-order valence-corrected chi connectivity index (χ1v) is 5.59. The van der Waals surface area contributed by atoms with Gasteiger partial charge in [-0.3, -0.25) is 4.79 Å². The van der Waals surface area contributed by atoms with Gasteiger partial charge in [-0.2, -0.15) is 0 Å². The summed E-state index contributed by atoms with van der Waals surface area (Å²) in [5.74, 6) is -0.413. The number of ketones is 1. The van der Waals surface area contributed by atoms with E-state index in [-0.39, 0.29) is 6.42 Å². The third-order valence-corrected chi connectivity index (χ3v) is 3.43. The Kier molecular flexibility index (Phi) is 2.22. The lowest BCUT2D eigenvalue weighted by Gasteiger charge is -2.05. The Labute approximate surface area is 97.0 Å². The van der Waals surface area contributed by atoms with Gasteiger partial charge in [0.1, 0.15) is 0 Å². The third kappa shape index (κ3) is 1.54. The molecule has 4 heteroatoms. The second-order valence-corrected chi connectivity index (χ2v) is 5.64. The zero-order chi connectivity index (χ0) is 9.64. The molecule has 1 unspecified atom stereocenters. The fourth-order valence-electron chi connectivity index (χ4n) is 1.43. The van der Waals surface area contributed by atoms with Crippen LogP contribution >= 0.6 is 38.5 Å². The van der Waals surface area contributed by atoms with Crippen LogP contribution in [0.3, 0.4) is 0 Å². The van der Waals surface area contributed by atoms with Crippen LogP contribution in [0.5, 0.6) is 0 Å². The average Bonchev–Trinajstić information content (AvgIpc) is 2.26. The van der Waals surface area contributed by atoms with E-state index in [0.29, 0.717) is 5.56 Å². The normalized spacial score (nSPS) is 26.2. The van der Waals surface area contributed by atoms with Crippen molar-refractivity contribution in [1.82, 2.24) is 0 Å². The predicted octanol–water partition coefficient (Wildman–Crippen LogP) is 3.29. The van der Waals surface area contributed by atoms with Crippen LogP contribution in [0.1, 0.15) is 15.9 Å². The van der Waals surface area contributed by atoms with E-state index in [0.717, 1.165) is 10.0 Å². The molecule has 0 spiro atoms. The summed E-state index contributed by atoms with van der Waals surface area (Å²) in [6.07, 6.45) is 0.189. The Morgan fingerprint density at radius 1 is 1.54 bits per heavy atom. The molecular weight excluding hydrogens is 350 g/mol. The van der Waals surface area contributed by atoms with Gasteiger partial charge >= 0.3 is 0 Å². The number of fused-ring (bicyclic) bond motifs is 1. The van der Waals surface area contributed by atoms with Crippen molar-refractivity contribution in [1.29, 1.82) is 0 Å². The van der Waals surface area contributed by atoms with E-state index in [1.165, 1.54) is 0 Å². The maximum absolute atomic E-state index is 13.6. The number of carbonyl (C=O) groups is 1. The lowest BCUT2D eigenvalue weighted by atomic mass is 10.1. The van der Waals surface area contributed by atoms with Crippen LogP contribution in [-0.2, 0) is 6.42 Å². The Morgan fingerprint density at radius 3 is 2.92 bits per heavy atom. The Balaban J connectivity index is 2.57. The van der Waals surface area contributed by atoms with Crippen molar-refractivity contribution in [3.63, 3.8) is 0 Å². The van der Waals surface area contributed by atoms with Gasteiger partial charge in [0, 0.05) is 16.5 Å². The number of carbonyl (C=O) groups excluding carboxylic acids is 1. The number of hydrogen-bond donors (Lipinski definition) is 0. The summed E-state index contributed by atoms with van der Waals surface area (Å²) < 4.78 is 12.6. The molecule has 68 valence electrons. The molecule has 0 fully saturated rings. The van der Waals surface area contributed by atoms with Gasteiger partial charge in [0.05, 0.1) is 0 Å². The summed E-state index contributed by atoms with van der Waals surface area (Å²) in [6, 6.07) is 5.29. The lowest BCUT2D eigenvalue weighted by Crippen LogP contribution is -2.21. The second-order valence-electron chi connectivity index (χ2n) is 3.01. The van der Waals surface area contributed by atoms with E-state index in [4.69, 9.17) is 0 Å². The van der Waals surface area contributed by atoms with Gasteiger partial charge in [0.2, 0.25) is 9.46 Å². The van der Waals surface area contributed by atoms with Crippen molar-refractivity contribution in [2.75, 3.05) is 0 Å². The zero-order valence-electron chi connectivity index (χ0n) is 6.48. The van der Waals surface area contributed by atoms with Gasteiger partial charge < -0.3 is 0 Å². The monoisotopic (exact) mass is 354 g/mol. The van der Waals surface area contributed by atoms with Crippen molar-refractivity contribution >= 4 is 44.3 Å². The van der Waals surface area contributed by atoms with Crippen LogP contribution in [0.4, 0.5) is 4.39 Å². The molecule has 1 aliphatic carbocycles. The number of halogens is 3. The fraction of sp³-hybridized carbons (Fsp3) is 0.222. The highest BCUT2D eigenvalue weighted by molar-refractivity contribution is 14.1. The summed E-state index contributed by atoms with van der Waals surface area (Å²) in [7, 11) is 0. The number of benzene rings is 1. The van der Waals surface area contributed by atoms with Crippen LogP contribution in [0.25, 0.3) is 0 Å². The molecule has 0 aliphatic heterocycles. The Morgan fingerprint density at radius 2 is 2.23 bits per heavy atom. The van der Waals surface area contributed by atoms with Crippen LogP contribution in [0, 0.1) is 0 Å². The molecule has 1 aromatic carbocycles. The number of Topliss-reactive ketones (excluding diaryl/α,β-unsaturated/α-hetero) is 1. The maximum Gasteiger partial charge on any atom is 0.227 e. The topological polar surface area (TPSA) is 17.1 Å². The van der Waals surface area contributed by atoms with E-state index in [2.05, 4.69) is 15.9 Å². The highest BCUT2D eigenvalue weighted by Gasteiger charge is 2.43. The van der Waals surface area contributed by atoms with Gasteiger partial charge in [-0.25, -0.2) is 4.39 Å². The van der Waals surface area contributed by atoms with Gasteiger partial charge in [0.15, 0.2) is 0 Å². The molecule has 1 aromatic rings. The first-order valence-electron chi connectivity index (χ1n) is 3.72. The van der Waals surface area contributed by atoms with E-state index in [1.54, 1.807) is 34.7 Å². The van der Waals surface area contributed by atoms with Crippen LogP contribution in [0.15, 0.2) is 22.7 Å². The molecule has 0 heterocycles. The lowest BCUT2D eigenvalue weighted by molar-refractivity contribution is 0.0882. The molecule has 0 saturated carbocycles. The molecule has 1 aliphatic rings. The molecule has 1 atom stereocenters. The minimum atomic E-state index is -1.74. The molecule has 2 rings (SSSR count). The quantitative estimate of drug-likeness (QED) is 0.516. The predicted molar refractivity (Wildman–Crippen MR) is 60.0 cm³/mol. The van der Waals surface area contributed by atoms with E-state index < -0.39 is 9.46 Å². The molecule has 0 aromatic heterocycles. The minimum absolute atomic E-state index is 0.189. The minimum Gasteiger partial charge on any atom is -0.290 e. The van der Waals surface area contributed by atoms with Crippen LogP contribution in [0.2, 0.25) is 0 Å². The summed E-state index contributed by atoms with van der Waals surface area (Å²) in [5.41, 5.74) is 1.30. The molecule has 0 N–H and O–H groups in total. The average molecular weight is 355 g/mol. The molecule has 0 saturated heterocycles. The van der Waals surface area contributed by atoms with E-state index in [1.807, 2.05) is 6.07 Å². The van der Waals surface area contributed by atoms with Crippen LogP contribution in [-0.4, -0.2) is 9.46 Å². The largest absolute Gasteiger partial charge is 0.290 e. The first kappa shape index (κ1) is 9.58. The SMILES string of the molecule is O=C1c2cc(Br)ccc2CC1(F)I. The van der Waals surface area contributed by atoms with E-state index >= 15 is 0 Å². The third-order valence-electron chi connectivity index (χ3n) is 2.06. The fourth-order valence-corrected chi connectivity index (χ4v) is 2.49. The highest BCUT2D eigenvalue weighted by Crippen LogP contribution is 2.38. The summed E-state index contributed by atoms with van der Waals surface area (Å²) >= 11 is 4.82. The van der Waals surface area contributed by atoms with Gasteiger partial charge in [-0.05, 0) is 40.3 Å². The molecule has 0 bridgehead atoms. The summed E-state index contributed by atoms with van der Waals surface area (Å²) in [4.78, 5) is 11.5. The molecular formula is C9H5BrFIO. The second kappa shape index (κ2) is 3.02. The van der Waals surface area contributed by atoms with Crippen molar-refractivity contribution in [2.45, 2.75) is 10.1 Å². The summed E-state index contributed by atoms with van der Waals surface area (Å²) in [6.45, 7) is 0. The molecule has 1 nitrogen and oxygen atoms in total. The van der Waals surface area contributed by atoms with Gasteiger partial charge in [0.25, 0.3) is 0 Å². The Bertz CT molecular complexity index is 389. The van der Waals surface area contributed by atoms with Crippen molar-refractivity contribution in [3.8, 4) is 0 Å². The first-order chi connectivity index (χ1) is 6.00. The van der Waals surface area contributed by atoms with E-state index in [9.17, 15) is 9.18 Å². The van der Waals surface area contributed by atoms with Crippen LogP contribution < -0.4 is 0 Å². The summed E-state index contributed by atoms with van der Waals surface area (Å²) in [5, 5.41) is 0. The molecule has 0 radical (unpaired) electrons. The Hall–Kier alpha value is 0.0300.